The van der Waals surface area contributed by atoms with E-state index in [0.29, 0.717) is 12.1 Å². The number of benzene rings is 2. The van der Waals surface area contributed by atoms with E-state index in [4.69, 9.17) is 0 Å². The zero-order valence-corrected chi connectivity index (χ0v) is 13.5. The summed E-state index contributed by atoms with van der Waals surface area (Å²) < 4.78 is 0. The zero-order chi connectivity index (χ0) is 15.0. The van der Waals surface area contributed by atoms with Gasteiger partial charge < -0.3 is 5.32 Å². The van der Waals surface area contributed by atoms with Crippen molar-refractivity contribution in [3.8, 4) is 0 Å². The second-order valence-electron chi connectivity index (χ2n) is 6.56. The van der Waals surface area contributed by atoms with E-state index >= 15 is 0 Å². The van der Waals surface area contributed by atoms with Crippen molar-refractivity contribution in [1.29, 1.82) is 0 Å². The van der Waals surface area contributed by atoms with Gasteiger partial charge in [0, 0.05) is 12.1 Å². The molecule has 0 spiro atoms. The van der Waals surface area contributed by atoms with Gasteiger partial charge in [0.05, 0.1) is 0 Å². The maximum Gasteiger partial charge on any atom is 0.0297 e. The van der Waals surface area contributed by atoms with Gasteiger partial charge >= 0.3 is 0 Å². The van der Waals surface area contributed by atoms with E-state index in [2.05, 4.69) is 69.4 Å². The molecule has 1 heteroatoms. The van der Waals surface area contributed by atoms with Gasteiger partial charge in [0.15, 0.2) is 0 Å². The smallest absolute Gasteiger partial charge is 0.0297 e. The Morgan fingerprint density at radius 2 is 1.48 bits per heavy atom. The first kappa shape index (κ1) is 14.3. The molecule has 0 saturated carbocycles. The number of aryl methyl sites for hydroxylation is 3. The van der Waals surface area contributed by atoms with Crippen LogP contribution in [0.3, 0.4) is 0 Å². The molecule has 0 bridgehead atoms. The molecule has 1 unspecified atom stereocenters. The summed E-state index contributed by atoms with van der Waals surface area (Å²) in [6, 6.07) is 14.5. The third kappa shape index (κ3) is 2.89. The Balaban J connectivity index is 1.74. The third-order valence-electron chi connectivity index (χ3n) is 4.89. The van der Waals surface area contributed by atoms with Crippen molar-refractivity contribution < 1.29 is 0 Å². The summed E-state index contributed by atoms with van der Waals surface area (Å²) in [5.41, 5.74) is 8.64. The van der Waals surface area contributed by atoms with Crippen molar-refractivity contribution in [2.24, 2.45) is 0 Å². The van der Waals surface area contributed by atoms with Crippen LogP contribution in [0, 0.1) is 20.8 Å². The lowest BCUT2D eigenvalue weighted by Crippen LogP contribution is -2.32. The molecular weight excluding hydrogens is 254 g/mol. The molecule has 1 aliphatic carbocycles. The first-order valence-corrected chi connectivity index (χ1v) is 7.95. The average molecular weight is 279 g/mol. The van der Waals surface area contributed by atoms with Gasteiger partial charge in [0.1, 0.15) is 0 Å². The molecule has 0 heterocycles. The molecular formula is C20H25N. The number of hydrogen-bond acceptors (Lipinski definition) is 1. The largest absolute Gasteiger partial charge is 0.307 e. The maximum absolute atomic E-state index is 3.83. The molecule has 1 nitrogen and oxygen atoms in total. The molecule has 0 fully saturated rings. The predicted molar refractivity (Wildman–Crippen MR) is 89.8 cm³/mol. The third-order valence-corrected chi connectivity index (χ3v) is 4.89. The molecule has 3 rings (SSSR count). The highest BCUT2D eigenvalue weighted by atomic mass is 14.9. The molecule has 0 aliphatic heterocycles. The van der Waals surface area contributed by atoms with Crippen LogP contribution >= 0.6 is 0 Å². The fourth-order valence-electron chi connectivity index (χ4n) is 3.57. The molecule has 2 aromatic rings. The molecule has 0 radical (unpaired) electrons. The topological polar surface area (TPSA) is 12.0 Å². The summed E-state index contributed by atoms with van der Waals surface area (Å²) in [7, 11) is 0. The first-order valence-electron chi connectivity index (χ1n) is 7.95. The SMILES string of the molecule is Cc1cc(C)c(C(C)NC2Cc3ccccc3C2)cc1C. The van der Waals surface area contributed by atoms with Gasteiger partial charge in [-0.05, 0) is 73.9 Å². The number of fused-ring (bicyclic) bond motifs is 1. The van der Waals surface area contributed by atoms with Crippen LogP contribution in [-0.4, -0.2) is 6.04 Å². The lowest BCUT2D eigenvalue weighted by Gasteiger charge is -2.22. The summed E-state index contributed by atoms with van der Waals surface area (Å²) in [6.07, 6.45) is 2.31. The van der Waals surface area contributed by atoms with Crippen molar-refractivity contribution in [2.45, 2.75) is 52.6 Å². The summed E-state index contributed by atoms with van der Waals surface area (Å²) in [5, 5.41) is 3.83. The van der Waals surface area contributed by atoms with E-state index in [1.807, 2.05) is 0 Å². The highest BCUT2D eigenvalue weighted by Crippen LogP contribution is 2.26. The van der Waals surface area contributed by atoms with Crippen molar-refractivity contribution in [1.82, 2.24) is 5.32 Å². The second kappa shape index (κ2) is 5.65. The average Bonchev–Trinajstić information content (AvgIpc) is 2.84. The Morgan fingerprint density at radius 3 is 2.10 bits per heavy atom. The summed E-state index contributed by atoms with van der Waals surface area (Å²) in [4.78, 5) is 0. The Labute approximate surface area is 128 Å². The van der Waals surface area contributed by atoms with E-state index in [-0.39, 0.29) is 0 Å². The molecule has 110 valence electrons. The van der Waals surface area contributed by atoms with Crippen LogP contribution in [0.15, 0.2) is 36.4 Å². The van der Waals surface area contributed by atoms with Crippen LogP contribution in [-0.2, 0) is 12.8 Å². The highest BCUT2D eigenvalue weighted by Gasteiger charge is 2.23. The van der Waals surface area contributed by atoms with Crippen LogP contribution < -0.4 is 5.32 Å². The second-order valence-corrected chi connectivity index (χ2v) is 6.56. The Morgan fingerprint density at radius 1 is 0.905 bits per heavy atom. The number of hydrogen-bond donors (Lipinski definition) is 1. The minimum atomic E-state index is 0.406. The van der Waals surface area contributed by atoms with Crippen molar-refractivity contribution in [2.75, 3.05) is 0 Å². The molecule has 0 saturated heterocycles. The molecule has 21 heavy (non-hydrogen) atoms. The normalized spacial score (nSPS) is 16.0. The lowest BCUT2D eigenvalue weighted by molar-refractivity contribution is 0.466. The van der Waals surface area contributed by atoms with Gasteiger partial charge in [0.2, 0.25) is 0 Å². The Bertz CT molecular complexity index is 632. The van der Waals surface area contributed by atoms with Crippen molar-refractivity contribution in [3.63, 3.8) is 0 Å². The first-order chi connectivity index (χ1) is 10.0. The van der Waals surface area contributed by atoms with Gasteiger partial charge in [-0.1, -0.05) is 36.4 Å². The van der Waals surface area contributed by atoms with Crippen molar-refractivity contribution >= 4 is 0 Å². The quantitative estimate of drug-likeness (QED) is 0.876. The van der Waals surface area contributed by atoms with Crippen LogP contribution in [0.2, 0.25) is 0 Å². The summed E-state index contributed by atoms with van der Waals surface area (Å²) in [5.74, 6) is 0. The van der Waals surface area contributed by atoms with E-state index in [1.165, 1.54) is 33.4 Å². The number of nitrogens with one attached hydrogen (secondary N) is 1. The van der Waals surface area contributed by atoms with E-state index in [9.17, 15) is 0 Å². The molecule has 0 aromatic heterocycles. The van der Waals surface area contributed by atoms with E-state index < -0.39 is 0 Å². The van der Waals surface area contributed by atoms with Gasteiger partial charge in [-0.2, -0.15) is 0 Å². The van der Waals surface area contributed by atoms with Crippen LogP contribution in [0.5, 0.6) is 0 Å². The monoisotopic (exact) mass is 279 g/mol. The van der Waals surface area contributed by atoms with Crippen LogP contribution in [0.25, 0.3) is 0 Å². The molecule has 1 N–H and O–H groups in total. The van der Waals surface area contributed by atoms with Gasteiger partial charge in [-0.25, -0.2) is 0 Å². The molecule has 1 aliphatic rings. The Kier molecular flexibility index (Phi) is 3.86. The summed E-state index contributed by atoms with van der Waals surface area (Å²) in [6.45, 7) is 8.91. The maximum atomic E-state index is 3.83. The lowest BCUT2D eigenvalue weighted by atomic mass is 9.96. The fourth-order valence-corrected chi connectivity index (χ4v) is 3.57. The van der Waals surface area contributed by atoms with E-state index in [0.717, 1.165) is 12.8 Å². The zero-order valence-electron chi connectivity index (χ0n) is 13.5. The fraction of sp³-hybridized carbons (Fsp3) is 0.400. The highest BCUT2D eigenvalue weighted by molar-refractivity contribution is 5.38. The van der Waals surface area contributed by atoms with Gasteiger partial charge in [0.25, 0.3) is 0 Å². The molecule has 2 aromatic carbocycles. The molecule has 0 amide bonds. The van der Waals surface area contributed by atoms with Crippen LogP contribution in [0.1, 0.15) is 46.3 Å². The summed E-state index contributed by atoms with van der Waals surface area (Å²) >= 11 is 0. The van der Waals surface area contributed by atoms with Gasteiger partial charge in [-0.15, -0.1) is 0 Å². The van der Waals surface area contributed by atoms with Crippen LogP contribution in [0.4, 0.5) is 0 Å². The minimum absolute atomic E-state index is 0.406. The van der Waals surface area contributed by atoms with E-state index in [1.54, 1.807) is 0 Å². The minimum Gasteiger partial charge on any atom is -0.307 e. The van der Waals surface area contributed by atoms with Crippen molar-refractivity contribution in [3.05, 3.63) is 69.8 Å². The Hall–Kier alpha value is -1.60. The number of rotatable bonds is 3. The van der Waals surface area contributed by atoms with Gasteiger partial charge in [-0.3, -0.25) is 0 Å². The predicted octanol–water partition coefficient (Wildman–Crippen LogP) is 4.43. The standard InChI is InChI=1S/C20H25N/c1-13-9-15(3)20(10-14(13)2)16(4)21-19-11-17-7-5-6-8-18(17)12-19/h5-10,16,19,21H,11-12H2,1-4H3. The molecule has 1 atom stereocenters.